The Kier molecular flexibility index (Phi) is 32.8. The van der Waals surface area contributed by atoms with Crippen molar-refractivity contribution in [1.29, 1.82) is 0 Å². The molecule has 0 saturated heterocycles. The van der Waals surface area contributed by atoms with Gasteiger partial charge in [-0.25, -0.2) is 4.57 Å². The maximum atomic E-state index is 12.5. The van der Waals surface area contributed by atoms with Gasteiger partial charge in [0, 0.05) is 12.8 Å². The fourth-order valence-corrected chi connectivity index (χ4v) is 5.69. The van der Waals surface area contributed by atoms with E-state index in [9.17, 15) is 24.2 Å². The summed E-state index contributed by atoms with van der Waals surface area (Å²) >= 11 is 0. The number of esters is 2. The molecule has 0 aliphatic rings. The topological polar surface area (TPSA) is 149 Å². The molecule has 0 bridgehead atoms. The van der Waals surface area contributed by atoms with Crippen molar-refractivity contribution in [3.63, 3.8) is 0 Å². The standard InChI is InChI=1S/C37H69O10P/c1-3-5-7-9-10-11-12-13-14-15-16-17-18-19-20-21-22-23-24-25-27-29-37(41)47-35(32-44-36(40)28-26-8-6-4-2)33-46-48(42,43)45-31-34(39)30-38/h12-13,15-16,34-35,38-39H,3-11,14,17-33H2,1-2H3,(H,42,43)/b13-12-,16-15-. The Balaban J connectivity index is 4.11. The second-order valence-corrected chi connectivity index (χ2v) is 14.1. The first-order valence-corrected chi connectivity index (χ1v) is 20.3. The Labute approximate surface area is 291 Å². The summed E-state index contributed by atoms with van der Waals surface area (Å²) in [5, 5.41) is 18.2. The maximum Gasteiger partial charge on any atom is 0.472 e. The number of phosphoric ester groups is 1. The van der Waals surface area contributed by atoms with Gasteiger partial charge in [0.05, 0.1) is 19.8 Å². The van der Waals surface area contributed by atoms with E-state index < -0.39 is 51.8 Å². The molecule has 282 valence electrons. The highest BCUT2D eigenvalue weighted by molar-refractivity contribution is 7.47. The average Bonchev–Trinajstić information content (AvgIpc) is 3.07. The molecule has 3 N–H and O–H groups in total. The molecule has 0 aromatic rings. The molecule has 0 spiro atoms. The minimum atomic E-state index is -4.60. The second kappa shape index (κ2) is 33.9. The van der Waals surface area contributed by atoms with E-state index in [0.717, 1.165) is 51.4 Å². The zero-order chi connectivity index (χ0) is 35.6. The van der Waals surface area contributed by atoms with Gasteiger partial charge in [-0.1, -0.05) is 128 Å². The first-order chi connectivity index (χ1) is 23.2. The molecule has 0 heterocycles. The second-order valence-electron chi connectivity index (χ2n) is 12.6. The summed E-state index contributed by atoms with van der Waals surface area (Å²) in [6.45, 7) is 2.21. The van der Waals surface area contributed by atoms with Gasteiger partial charge in [0.2, 0.25) is 0 Å². The Morgan fingerprint density at radius 2 is 1.08 bits per heavy atom. The van der Waals surface area contributed by atoms with Crippen LogP contribution in [-0.4, -0.2) is 65.7 Å². The summed E-state index contributed by atoms with van der Waals surface area (Å²) in [6, 6.07) is 0. The summed E-state index contributed by atoms with van der Waals surface area (Å²) < 4.78 is 32.3. The molecule has 10 nitrogen and oxygen atoms in total. The van der Waals surface area contributed by atoms with Gasteiger partial charge in [-0.3, -0.25) is 18.6 Å². The van der Waals surface area contributed by atoms with Crippen LogP contribution in [0.5, 0.6) is 0 Å². The summed E-state index contributed by atoms with van der Waals surface area (Å²) in [4.78, 5) is 34.4. The van der Waals surface area contributed by atoms with E-state index >= 15 is 0 Å². The fraction of sp³-hybridized carbons (Fsp3) is 0.838. The minimum absolute atomic E-state index is 0.180. The molecule has 3 unspecified atom stereocenters. The summed E-state index contributed by atoms with van der Waals surface area (Å²) in [6.07, 6.45) is 30.8. The number of carbonyl (C=O) groups excluding carboxylic acids is 2. The highest BCUT2D eigenvalue weighted by atomic mass is 31.2. The van der Waals surface area contributed by atoms with Crippen LogP contribution in [-0.2, 0) is 32.7 Å². The van der Waals surface area contributed by atoms with E-state index in [2.05, 4.69) is 42.7 Å². The van der Waals surface area contributed by atoms with Crippen molar-refractivity contribution in [2.75, 3.05) is 26.4 Å². The molecule has 48 heavy (non-hydrogen) atoms. The first-order valence-electron chi connectivity index (χ1n) is 18.8. The molecule has 0 radical (unpaired) electrons. The lowest BCUT2D eigenvalue weighted by molar-refractivity contribution is -0.161. The number of phosphoric acid groups is 1. The van der Waals surface area contributed by atoms with Crippen molar-refractivity contribution in [3.05, 3.63) is 24.3 Å². The Hall–Kier alpha value is -1.55. The van der Waals surface area contributed by atoms with Crippen LogP contribution in [0.1, 0.15) is 162 Å². The molecule has 0 aromatic carbocycles. The number of rotatable bonds is 35. The third-order valence-electron chi connectivity index (χ3n) is 7.86. The van der Waals surface area contributed by atoms with E-state index in [1.807, 2.05) is 0 Å². The normalized spacial score (nSPS) is 14.4. The molecule has 11 heteroatoms. The predicted molar refractivity (Wildman–Crippen MR) is 191 cm³/mol. The first kappa shape index (κ1) is 46.5. The van der Waals surface area contributed by atoms with Gasteiger partial charge in [-0.05, 0) is 44.9 Å². The van der Waals surface area contributed by atoms with E-state index in [4.69, 9.17) is 19.1 Å². The van der Waals surface area contributed by atoms with E-state index in [0.29, 0.717) is 12.8 Å². The van der Waals surface area contributed by atoms with Crippen molar-refractivity contribution >= 4 is 19.8 Å². The molecule has 0 saturated carbocycles. The average molecular weight is 705 g/mol. The summed E-state index contributed by atoms with van der Waals surface area (Å²) in [7, 11) is -4.60. The molecule has 0 aliphatic carbocycles. The monoisotopic (exact) mass is 704 g/mol. The quantitative estimate of drug-likeness (QED) is 0.0252. The molecule has 0 amide bonds. The van der Waals surface area contributed by atoms with Crippen LogP contribution < -0.4 is 0 Å². The van der Waals surface area contributed by atoms with E-state index in [-0.39, 0.29) is 19.4 Å². The van der Waals surface area contributed by atoms with Crippen LogP contribution in [0.2, 0.25) is 0 Å². The van der Waals surface area contributed by atoms with Gasteiger partial charge in [-0.15, -0.1) is 0 Å². The SMILES string of the molecule is CCCCCCC/C=C\C/C=C\CCCCCCCCCCCC(=O)OC(COC(=O)CCCCCC)COP(=O)(O)OCC(O)CO. The van der Waals surface area contributed by atoms with Crippen LogP contribution in [0.15, 0.2) is 24.3 Å². The lowest BCUT2D eigenvalue weighted by Gasteiger charge is -2.20. The molecule has 0 rings (SSSR count). The van der Waals surface area contributed by atoms with Crippen LogP contribution >= 0.6 is 7.82 Å². The number of aliphatic hydroxyl groups is 2. The van der Waals surface area contributed by atoms with Gasteiger partial charge < -0.3 is 24.6 Å². The van der Waals surface area contributed by atoms with Gasteiger partial charge in [0.15, 0.2) is 6.10 Å². The van der Waals surface area contributed by atoms with Crippen molar-refractivity contribution in [2.24, 2.45) is 0 Å². The molecule has 0 aliphatic heterocycles. The molecular formula is C37H69O10P. The van der Waals surface area contributed by atoms with Crippen molar-refractivity contribution in [3.8, 4) is 0 Å². The zero-order valence-electron chi connectivity index (χ0n) is 30.2. The van der Waals surface area contributed by atoms with E-state index in [1.54, 1.807) is 0 Å². The largest absolute Gasteiger partial charge is 0.472 e. The summed E-state index contributed by atoms with van der Waals surface area (Å²) in [5.74, 6) is -0.949. The highest BCUT2D eigenvalue weighted by Gasteiger charge is 2.27. The number of ether oxygens (including phenoxy) is 2. The molecular weight excluding hydrogens is 635 g/mol. The summed E-state index contributed by atoms with van der Waals surface area (Å²) in [5.41, 5.74) is 0. The predicted octanol–water partition coefficient (Wildman–Crippen LogP) is 9.05. The minimum Gasteiger partial charge on any atom is -0.462 e. The number of hydrogen-bond acceptors (Lipinski definition) is 9. The molecule has 3 atom stereocenters. The third-order valence-corrected chi connectivity index (χ3v) is 8.81. The zero-order valence-corrected chi connectivity index (χ0v) is 31.1. The fourth-order valence-electron chi connectivity index (χ4n) is 4.90. The number of aliphatic hydroxyl groups excluding tert-OH is 2. The van der Waals surface area contributed by atoms with Gasteiger partial charge in [0.25, 0.3) is 0 Å². The van der Waals surface area contributed by atoms with Gasteiger partial charge in [-0.2, -0.15) is 0 Å². The number of allylic oxidation sites excluding steroid dienone is 4. The van der Waals surface area contributed by atoms with Crippen molar-refractivity contribution in [2.45, 2.75) is 174 Å². The van der Waals surface area contributed by atoms with Gasteiger partial charge in [0.1, 0.15) is 12.7 Å². The smallest absolute Gasteiger partial charge is 0.462 e. The lowest BCUT2D eigenvalue weighted by atomic mass is 10.1. The van der Waals surface area contributed by atoms with Crippen LogP contribution in [0.3, 0.4) is 0 Å². The van der Waals surface area contributed by atoms with Gasteiger partial charge >= 0.3 is 19.8 Å². The van der Waals surface area contributed by atoms with Crippen LogP contribution in [0, 0.1) is 0 Å². The lowest BCUT2D eigenvalue weighted by Crippen LogP contribution is -2.29. The maximum absolute atomic E-state index is 12.5. The Morgan fingerprint density at radius 1 is 0.625 bits per heavy atom. The number of carbonyl (C=O) groups is 2. The molecule has 0 aromatic heterocycles. The van der Waals surface area contributed by atoms with Crippen molar-refractivity contribution < 1.29 is 47.8 Å². The van der Waals surface area contributed by atoms with Crippen molar-refractivity contribution in [1.82, 2.24) is 0 Å². The van der Waals surface area contributed by atoms with E-state index in [1.165, 1.54) is 70.6 Å². The van der Waals surface area contributed by atoms with Crippen LogP contribution in [0.4, 0.5) is 0 Å². The third kappa shape index (κ3) is 33.0. The number of unbranched alkanes of at least 4 members (excludes halogenated alkanes) is 17. The Morgan fingerprint density at radius 3 is 1.62 bits per heavy atom. The number of hydrogen-bond donors (Lipinski definition) is 3. The molecule has 0 fully saturated rings. The van der Waals surface area contributed by atoms with Crippen LogP contribution in [0.25, 0.3) is 0 Å². The highest BCUT2D eigenvalue weighted by Crippen LogP contribution is 2.43. The Bertz CT molecular complexity index is 863.